The van der Waals surface area contributed by atoms with Crippen molar-refractivity contribution in [3.05, 3.63) is 21.8 Å². The molecular formula is C13H17Br2ClN2. The molecule has 0 unspecified atom stereocenters. The fourth-order valence-electron chi connectivity index (χ4n) is 2.56. The van der Waals surface area contributed by atoms with Crippen molar-refractivity contribution in [2.45, 2.75) is 38.1 Å². The van der Waals surface area contributed by atoms with Crippen molar-refractivity contribution in [3.8, 4) is 0 Å². The minimum Gasteiger partial charge on any atom is -0.352 e. The fraction of sp³-hybridized carbons (Fsp3) is 0.615. The third kappa shape index (κ3) is 3.61. The van der Waals surface area contributed by atoms with Crippen LogP contribution >= 0.6 is 43.5 Å². The Morgan fingerprint density at radius 3 is 2.67 bits per heavy atom. The summed E-state index contributed by atoms with van der Waals surface area (Å²) in [6.45, 7) is 0.984. The van der Waals surface area contributed by atoms with E-state index in [-0.39, 0.29) is 0 Å². The molecule has 100 valence electrons. The Bertz CT molecular complexity index is 395. The SMILES string of the molecule is Clc1cnc(N(CCBr)C2CCCCC2)c(Br)c1. The topological polar surface area (TPSA) is 16.1 Å². The summed E-state index contributed by atoms with van der Waals surface area (Å²) in [6, 6.07) is 2.54. The largest absolute Gasteiger partial charge is 0.352 e. The van der Waals surface area contributed by atoms with Crippen molar-refractivity contribution >= 4 is 49.3 Å². The molecule has 5 heteroatoms. The summed E-state index contributed by atoms with van der Waals surface area (Å²) in [5.41, 5.74) is 0. The number of hydrogen-bond acceptors (Lipinski definition) is 2. The maximum Gasteiger partial charge on any atom is 0.143 e. The number of aromatic nitrogens is 1. The van der Waals surface area contributed by atoms with Crippen molar-refractivity contribution in [1.29, 1.82) is 0 Å². The molecule has 0 bridgehead atoms. The average molecular weight is 397 g/mol. The van der Waals surface area contributed by atoms with Gasteiger partial charge in [-0.05, 0) is 34.8 Å². The zero-order valence-electron chi connectivity index (χ0n) is 10.2. The van der Waals surface area contributed by atoms with Crippen molar-refractivity contribution < 1.29 is 0 Å². The second kappa shape index (κ2) is 7.11. The summed E-state index contributed by atoms with van der Waals surface area (Å²) < 4.78 is 0.988. The monoisotopic (exact) mass is 394 g/mol. The van der Waals surface area contributed by atoms with Gasteiger partial charge in [0.15, 0.2) is 0 Å². The van der Waals surface area contributed by atoms with Gasteiger partial charge < -0.3 is 4.90 Å². The molecule has 0 radical (unpaired) electrons. The van der Waals surface area contributed by atoms with Crippen molar-refractivity contribution in [2.75, 3.05) is 16.8 Å². The summed E-state index contributed by atoms with van der Waals surface area (Å²) in [4.78, 5) is 6.91. The first-order chi connectivity index (χ1) is 8.72. The number of hydrogen-bond donors (Lipinski definition) is 0. The van der Waals surface area contributed by atoms with Gasteiger partial charge in [-0.25, -0.2) is 4.98 Å². The minimum absolute atomic E-state index is 0.612. The molecule has 0 atom stereocenters. The molecule has 1 aromatic heterocycles. The van der Waals surface area contributed by atoms with Crippen LogP contribution in [0.3, 0.4) is 0 Å². The Balaban J connectivity index is 2.22. The van der Waals surface area contributed by atoms with E-state index in [1.54, 1.807) is 6.20 Å². The zero-order valence-corrected chi connectivity index (χ0v) is 14.1. The molecule has 0 N–H and O–H groups in total. The van der Waals surface area contributed by atoms with Crippen molar-refractivity contribution in [1.82, 2.24) is 4.98 Å². The van der Waals surface area contributed by atoms with Gasteiger partial charge in [0.05, 0.1) is 9.50 Å². The van der Waals surface area contributed by atoms with Crippen LogP contribution in [0.1, 0.15) is 32.1 Å². The molecule has 2 rings (SSSR count). The van der Waals surface area contributed by atoms with Crippen molar-refractivity contribution in [2.24, 2.45) is 0 Å². The van der Waals surface area contributed by atoms with Crippen LogP contribution in [0.4, 0.5) is 5.82 Å². The van der Waals surface area contributed by atoms with Gasteiger partial charge in [0.25, 0.3) is 0 Å². The van der Waals surface area contributed by atoms with Gasteiger partial charge in [0.1, 0.15) is 5.82 Å². The Labute approximate surface area is 130 Å². The third-order valence-corrected chi connectivity index (χ3v) is 4.55. The predicted molar refractivity (Wildman–Crippen MR) is 85.0 cm³/mol. The maximum atomic E-state index is 5.96. The van der Waals surface area contributed by atoms with Gasteiger partial charge in [0.2, 0.25) is 0 Å². The molecule has 1 aliphatic rings. The Kier molecular flexibility index (Phi) is 5.77. The van der Waals surface area contributed by atoms with Crippen LogP contribution in [0.25, 0.3) is 0 Å². The highest BCUT2D eigenvalue weighted by atomic mass is 79.9. The number of halogens is 3. The van der Waals surface area contributed by atoms with Crippen LogP contribution in [-0.2, 0) is 0 Å². The first kappa shape index (κ1) is 14.6. The summed E-state index contributed by atoms with van der Waals surface area (Å²) in [5, 5.41) is 1.63. The summed E-state index contributed by atoms with van der Waals surface area (Å²) in [6.07, 6.45) is 8.29. The van der Waals surface area contributed by atoms with Gasteiger partial charge in [0, 0.05) is 24.1 Å². The quantitative estimate of drug-likeness (QED) is 0.664. The van der Waals surface area contributed by atoms with Crippen LogP contribution < -0.4 is 4.90 Å². The van der Waals surface area contributed by atoms with Gasteiger partial charge in [-0.1, -0.05) is 46.8 Å². The lowest BCUT2D eigenvalue weighted by Crippen LogP contribution is -2.39. The highest BCUT2D eigenvalue weighted by Crippen LogP contribution is 2.32. The van der Waals surface area contributed by atoms with Gasteiger partial charge in [-0.3, -0.25) is 0 Å². The Morgan fingerprint density at radius 2 is 2.06 bits per heavy atom. The molecule has 0 aliphatic heterocycles. The molecule has 0 spiro atoms. The number of nitrogens with zero attached hydrogens (tertiary/aromatic N) is 2. The van der Waals surface area contributed by atoms with Crippen molar-refractivity contribution in [3.63, 3.8) is 0 Å². The van der Waals surface area contributed by atoms with Crippen LogP contribution in [0.15, 0.2) is 16.7 Å². The smallest absolute Gasteiger partial charge is 0.143 e. The normalized spacial score (nSPS) is 16.8. The third-order valence-electron chi connectivity index (χ3n) is 3.40. The number of rotatable bonds is 4. The molecule has 1 fully saturated rings. The van der Waals surface area contributed by atoms with Crippen LogP contribution in [-0.4, -0.2) is 22.9 Å². The van der Waals surface area contributed by atoms with E-state index in [1.807, 2.05) is 6.07 Å². The molecule has 1 aliphatic carbocycles. The second-order valence-electron chi connectivity index (χ2n) is 4.63. The van der Waals surface area contributed by atoms with E-state index in [2.05, 4.69) is 41.7 Å². The molecule has 1 aromatic rings. The van der Waals surface area contributed by atoms with Gasteiger partial charge in [-0.15, -0.1) is 0 Å². The lowest BCUT2D eigenvalue weighted by Gasteiger charge is -2.35. The van der Waals surface area contributed by atoms with E-state index in [0.29, 0.717) is 11.1 Å². The maximum absolute atomic E-state index is 5.96. The van der Waals surface area contributed by atoms with E-state index >= 15 is 0 Å². The summed E-state index contributed by atoms with van der Waals surface area (Å²) >= 11 is 13.1. The second-order valence-corrected chi connectivity index (χ2v) is 6.72. The summed E-state index contributed by atoms with van der Waals surface area (Å²) in [5.74, 6) is 1.02. The molecular weight excluding hydrogens is 379 g/mol. The van der Waals surface area contributed by atoms with E-state index in [1.165, 1.54) is 32.1 Å². The highest BCUT2D eigenvalue weighted by Gasteiger charge is 2.23. The fourth-order valence-corrected chi connectivity index (χ4v) is 3.81. The van der Waals surface area contributed by atoms with Crippen LogP contribution in [0, 0.1) is 0 Å². The van der Waals surface area contributed by atoms with E-state index in [4.69, 9.17) is 11.6 Å². The molecule has 2 nitrogen and oxygen atoms in total. The number of pyridine rings is 1. The molecule has 18 heavy (non-hydrogen) atoms. The minimum atomic E-state index is 0.612. The molecule has 1 saturated carbocycles. The molecule has 0 aromatic carbocycles. The van der Waals surface area contributed by atoms with Gasteiger partial charge in [-0.2, -0.15) is 0 Å². The van der Waals surface area contributed by atoms with Gasteiger partial charge >= 0.3 is 0 Å². The molecule has 0 saturated heterocycles. The first-order valence-electron chi connectivity index (χ1n) is 6.36. The zero-order chi connectivity index (χ0) is 13.0. The number of anilines is 1. The molecule has 0 amide bonds. The first-order valence-corrected chi connectivity index (χ1v) is 8.65. The average Bonchev–Trinajstić information content (AvgIpc) is 2.38. The van der Waals surface area contributed by atoms with Crippen LogP contribution in [0.2, 0.25) is 5.02 Å². The number of alkyl halides is 1. The standard InChI is InChI=1S/C13H17Br2ClN2/c14-6-7-18(11-4-2-1-3-5-11)13-12(15)8-10(16)9-17-13/h8-9,11H,1-7H2. The van der Waals surface area contributed by atoms with Crippen LogP contribution in [0.5, 0.6) is 0 Å². The lowest BCUT2D eigenvalue weighted by atomic mass is 9.94. The highest BCUT2D eigenvalue weighted by molar-refractivity contribution is 9.10. The van der Waals surface area contributed by atoms with E-state index in [0.717, 1.165) is 22.2 Å². The van der Waals surface area contributed by atoms with E-state index < -0.39 is 0 Å². The van der Waals surface area contributed by atoms with E-state index in [9.17, 15) is 0 Å². The lowest BCUT2D eigenvalue weighted by molar-refractivity contribution is 0.417. The Morgan fingerprint density at radius 1 is 1.33 bits per heavy atom. The molecule has 1 heterocycles. The summed E-state index contributed by atoms with van der Waals surface area (Å²) in [7, 11) is 0. The predicted octanol–water partition coefficient (Wildman–Crippen LogP) is 5.03. The Hall–Kier alpha value is 0.200.